The van der Waals surface area contributed by atoms with Crippen molar-refractivity contribution in [1.29, 1.82) is 21.0 Å². The molecule has 11 aliphatic heterocycles. The number of thioether (sulfide) groups is 3. The van der Waals surface area contributed by atoms with Gasteiger partial charge < -0.3 is 113 Å². The number of hydrogen-bond donors (Lipinski definition) is 8. The van der Waals surface area contributed by atoms with Crippen LogP contribution in [0.2, 0.25) is 36.3 Å². The lowest BCUT2D eigenvalue weighted by Crippen LogP contribution is -2.50. The van der Waals surface area contributed by atoms with Crippen molar-refractivity contribution in [3.63, 3.8) is 0 Å². The van der Waals surface area contributed by atoms with E-state index in [0.29, 0.717) is 59.2 Å². The molecule has 3 aromatic heterocycles. The summed E-state index contributed by atoms with van der Waals surface area (Å²) in [6.07, 6.45) is 8.41. The number of fused-ring (bicyclic) bond motifs is 6. The van der Waals surface area contributed by atoms with Crippen molar-refractivity contribution in [2.75, 3.05) is 73.6 Å². The largest absolute Gasteiger partial charge is 0.444 e. The van der Waals surface area contributed by atoms with Crippen LogP contribution in [0.25, 0.3) is 11.0 Å². The number of aliphatic hydroxyl groups excluding tert-OH is 2. The summed E-state index contributed by atoms with van der Waals surface area (Å²) in [5.74, 6) is -0.992. The minimum atomic E-state index is -3.72. The summed E-state index contributed by atoms with van der Waals surface area (Å²) in [6.45, 7) is 58.2. The van der Waals surface area contributed by atoms with Crippen LogP contribution in [-0.2, 0) is 84.7 Å². The molecule has 0 radical (unpaired) electrons. The summed E-state index contributed by atoms with van der Waals surface area (Å²) in [4.78, 5) is 61.8. The molecule has 6 unspecified atom stereocenters. The highest BCUT2D eigenvalue weighted by Crippen LogP contribution is 2.52. The Morgan fingerprint density at radius 2 is 0.875 bits per heavy atom. The van der Waals surface area contributed by atoms with E-state index in [0.717, 1.165) is 17.6 Å². The predicted octanol–water partition coefficient (Wildman–Crippen LogP) is 16.4. The number of aromatic nitrogens is 4. The van der Waals surface area contributed by atoms with E-state index in [-0.39, 0.29) is 171 Å². The number of amides is 3. The van der Waals surface area contributed by atoms with Gasteiger partial charge in [0.05, 0.1) is 129 Å². The Morgan fingerprint density at radius 1 is 0.486 bits per heavy atom. The summed E-state index contributed by atoms with van der Waals surface area (Å²) in [6, 6.07) is 5.48. The lowest BCUT2D eigenvalue weighted by molar-refractivity contribution is -0.167. The summed E-state index contributed by atoms with van der Waals surface area (Å²) in [7, 11) is -7.24. The Hall–Kier alpha value is -6.31. The molecule has 14 heterocycles. The number of nitrogens with one attached hydrogen (secondary N) is 4. The molecule has 144 heavy (non-hydrogen) atoms. The maximum absolute atomic E-state index is 13.2. The van der Waals surface area contributed by atoms with Crippen LogP contribution in [0.4, 0.5) is 25.9 Å². The van der Waals surface area contributed by atoms with Gasteiger partial charge in [-0.05, 0) is 187 Å². The molecule has 14 rings (SSSR count). The number of hydrogen-bond acceptors (Lipinski definition) is 37. The Kier molecular flexibility index (Phi) is 46.5. The molecule has 0 aliphatic carbocycles. The molecular formula is C99H178N16O23S4Si2. The van der Waals surface area contributed by atoms with Crippen molar-refractivity contribution in [2.24, 2.45) is 4.99 Å². The van der Waals surface area contributed by atoms with E-state index in [1.807, 2.05) is 134 Å². The fourth-order valence-electron chi connectivity index (χ4n) is 18.0. The molecule has 0 bridgehead atoms. The molecular weight excluding hydrogens is 1970 g/mol. The molecule has 0 aromatic carbocycles. The highest BCUT2D eigenvalue weighted by Gasteiger charge is 2.65. The molecule has 0 saturated carbocycles. The summed E-state index contributed by atoms with van der Waals surface area (Å²) >= 11 is 4.88. The lowest BCUT2D eigenvalue weighted by atomic mass is 10.0. The van der Waals surface area contributed by atoms with Gasteiger partial charge in [-0.1, -0.05) is 86.1 Å². The van der Waals surface area contributed by atoms with E-state index in [4.69, 9.17) is 91.3 Å². The number of ether oxygens (including phenoxy) is 13. The van der Waals surface area contributed by atoms with Crippen LogP contribution < -0.4 is 22.1 Å². The zero-order chi connectivity index (χ0) is 104. The number of rotatable bonds is 20. The number of carbonyl (C=O) groups is 3. The van der Waals surface area contributed by atoms with Crippen LogP contribution >= 0.6 is 35.3 Å². The molecule has 10 N–H and O–H groups in total. The molecule has 39 nitrogen and oxygen atoms in total. The Balaban J connectivity index is 0.000000442. The first kappa shape index (κ1) is 132. The van der Waals surface area contributed by atoms with E-state index in [9.17, 15) is 48.8 Å². The number of likely N-dealkylation sites (tertiary alicyclic amines) is 3. The quantitative estimate of drug-likeness (QED) is 0.0296. The second-order valence-corrected chi connectivity index (χ2v) is 58.7. The third-order valence-corrected chi connectivity index (χ3v) is 37.5. The number of carbonyl (C=O) groups excluding carboxylic acids is 3. The van der Waals surface area contributed by atoms with Crippen molar-refractivity contribution < 1.29 is 108 Å². The van der Waals surface area contributed by atoms with Crippen molar-refractivity contribution >= 4 is 109 Å². The first-order valence-electron chi connectivity index (χ1n) is 46.8. The van der Waals surface area contributed by atoms with E-state index in [1.165, 1.54) is 11.2 Å². The topological polar surface area (TPSA) is 524 Å². The van der Waals surface area contributed by atoms with Crippen LogP contribution in [0.1, 0.15) is 266 Å². The number of aromatic amines is 2. The molecule has 10 fully saturated rings. The molecule has 824 valence electrons. The van der Waals surface area contributed by atoms with Gasteiger partial charge in [-0.2, -0.15) is 64.8 Å². The molecule has 11 aliphatic rings. The normalized spacial score (nSPS) is 30.2. The number of nitrogens with two attached hydrogens (primary N) is 2. The van der Waals surface area contributed by atoms with Crippen molar-refractivity contribution in [2.45, 2.75) is 459 Å². The van der Waals surface area contributed by atoms with Crippen LogP contribution in [0, 0.1) is 45.3 Å². The fourth-order valence-corrected chi connectivity index (χ4v) is 22.5. The monoisotopic (exact) mass is 2140 g/mol. The zero-order valence-electron chi connectivity index (χ0n) is 86.7. The van der Waals surface area contributed by atoms with E-state index >= 15 is 0 Å². The van der Waals surface area contributed by atoms with Gasteiger partial charge in [0.15, 0.2) is 51.4 Å². The van der Waals surface area contributed by atoms with Gasteiger partial charge >= 0.3 is 18.3 Å². The molecule has 3 amide bonds. The standard InChI is InChI=1S/C19H28N4O4S.C16H26N2O7S.C16H26N2O4S.C16H30N2O3Si.C14H27NO3Si.C12H17N5O2S.6CH4/c1-18(2,3)27-17(24)23-12(9-28-6)15-16(26-19(4,5)25-15)14(23)10-8-22-11(7-20)13(10)21;1-15(2,3)25-14(19)18-10(7-8-17)12-13(24-16(4,5)23-12)11(18)9-22-26(6,20)21;1-15(2,3)22-14(19)18-10(7-8-17)12-13(11(18)9-23-6)21-16(4,5)20-12;1-15(2,3)22(6,7)19-10-12-14-13(11(18-12)8-9-17)20-16(4,5)21-14;1-13(2,3)19(6,7)16-9-10-12-11(8-15-10)17-14(4,5)18-12;1-20-3-6-10(18)11(19)8(17-6)5-2-14-9-7(5)15-4-16-12(9)13;;;;;;/h8,12,14-16,22H,9,21H2,1-6H3;10-13H,7,9H2,1-6H3;10-13H,7,9H2,1-6H3;11-14,18H,8,10H2,1-7H3;8,10-12H,9H2,1-7H3;2,4,6,8,10-11,14,17-19H,3H2,1H3,(H2,13,15,16);6*1H4/t12-,14-,15+,16?;10-,11-,12?,13+;10-,11+,12?,13-;11-,12+,13?,14-;10-,11?,12+;6-,8+,10+,11?;;;;;;/m110011....../s1. The maximum Gasteiger partial charge on any atom is 0.411 e. The second kappa shape index (κ2) is 50.8. The summed E-state index contributed by atoms with van der Waals surface area (Å²) < 4.78 is 117. The van der Waals surface area contributed by atoms with Gasteiger partial charge in [0, 0.05) is 59.1 Å². The minimum Gasteiger partial charge on any atom is -0.444 e. The molecule has 3 aromatic rings. The fraction of sp³-hybridized carbons (Fsp3) is 0.818. The van der Waals surface area contributed by atoms with Crippen molar-refractivity contribution in [3.05, 3.63) is 35.5 Å². The maximum atomic E-state index is 13.2. The van der Waals surface area contributed by atoms with Gasteiger partial charge in [0.1, 0.15) is 114 Å². The summed E-state index contributed by atoms with van der Waals surface area (Å²) in [5, 5.41) is 64.2. The van der Waals surface area contributed by atoms with Crippen LogP contribution in [0.3, 0.4) is 0 Å². The van der Waals surface area contributed by atoms with Gasteiger partial charge in [-0.15, -0.1) is 0 Å². The smallest absolute Gasteiger partial charge is 0.411 e. The Bertz CT molecular complexity index is 4990. The predicted molar refractivity (Wildman–Crippen MR) is 571 cm³/mol. The Labute approximate surface area is 874 Å². The molecule has 10 saturated heterocycles. The molecule has 23 atom stereocenters. The Morgan fingerprint density at radius 3 is 1.31 bits per heavy atom. The van der Waals surface area contributed by atoms with Crippen LogP contribution in [-0.4, -0.2) is 330 Å². The number of nitrogen functional groups attached to an aromatic ring is 2. The highest BCUT2D eigenvalue weighted by atomic mass is 32.2. The number of aliphatic imine (C=N–C) groups is 1. The van der Waals surface area contributed by atoms with Crippen LogP contribution in [0.15, 0.2) is 23.7 Å². The van der Waals surface area contributed by atoms with E-state index < -0.39 is 139 Å². The van der Waals surface area contributed by atoms with Gasteiger partial charge in [0.25, 0.3) is 10.1 Å². The average molecular weight is 2150 g/mol. The molecule has 45 heteroatoms. The van der Waals surface area contributed by atoms with Gasteiger partial charge in [-0.25, -0.2) is 24.4 Å². The number of nitrogens with zero attached hydrogens (tertiary/aromatic N) is 10. The number of H-pyrrole nitrogens is 2. The first-order valence-corrected chi connectivity index (χ1v) is 58.6. The van der Waals surface area contributed by atoms with Gasteiger partial charge in [-0.3, -0.25) is 23.9 Å². The number of nitriles is 4. The van der Waals surface area contributed by atoms with E-state index in [1.54, 1.807) is 92.1 Å². The second-order valence-electron chi connectivity index (χ2n) is 44.7. The van der Waals surface area contributed by atoms with Crippen LogP contribution in [0.5, 0.6) is 0 Å². The van der Waals surface area contributed by atoms with Crippen molar-refractivity contribution in [3.8, 4) is 24.3 Å². The minimum absolute atomic E-state index is 0. The number of anilines is 2. The van der Waals surface area contributed by atoms with Crippen molar-refractivity contribution in [1.82, 2.24) is 45.3 Å². The summed E-state index contributed by atoms with van der Waals surface area (Å²) in [5.41, 5.74) is 13.4. The zero-order valence-corrected chi connectivity index (χ0v) is 91.9. The average Bonchev–Trinajstić information content (AvgIpc) is 1.56. The number of aliphatic hydroxyl groups is 2. The van der Waals surface area contributed by atoms with E-state index in [2.05, 4.69) is 115 Å². The third-order valence-electron chi connectivity index (χ3n) is 25.9. The first-order chi connectivity index (χ1) is 63.4. The lowest BCUT2D eigenvalue weighted by Gasteiger charge is -2.37. The highest BCUT2D eigenvalue weighted by molar-refractivity contribution is 7.99. The SMILES string of the molecule is C.C.C.C.C.C.CC(C)(C)OC(=O)N1[C@H](CC#N)C2OC(C)(C)O[C@H]2[C@H]1COS(C)(=O)=O.CC1(C)OC2C=N[C@H](CO[Si](C)(C)C(C)(C)C)[C@@H]2O1.CC1(C)OC2[C@H](CC#N)N[C@H](CO[Si](C)(C)C(C)(C)C)[C@@H]2O1.CSC[C@@H]1[C@@H]2OC(C)(C)OC2[C@@H](c2c[nH]c(C#N)c2N)N1C(=O)OC(C)(C)C.CSC[C@@H]1[C@@H]2OC(C)(C)OC2[C@H](CC#N)N1C(=O)OC(C)(C)C.CSC[C@H]1N[C@@H](c2c[nH]c3c(N)ncnc23)C(O)[C@H]1O. The molecule has 0 spiro atoms. The van der Waals surface area contributed by atoms with Gasteiger partial charge in [0.2, 0.25) is 0 Å². The third kappa shape index (κ3) is 32.4.